The molecule has 106 valence electrons. The molecule has 1 unspecified atom stereocenters. The van der Waals surface area contributed by atoms with Crippen molar-refractivity contribution in [2.45, 2.75) is 37.9 Å². The molecule has 0 bridgehead atoms. The van der Waals surface area contributed by atoms with Crippen LogP contribution in [0, 0.1) is 5.92 Å². The smallest absolute Gasteiger partial charge is 0.271 e. The van der Waals surface area contributed by atoms with E-state index in [1.807, 2.05) is 0 Å². The lowest BCUT2D eigenvalue weighted by atomic mass is 9.79. The number of nitrogens with one attached hydrogen (secondary N) is 1. The molecule has 2 nitrogen and oxygen atoms in total. The van der Waals surface area contributed by atoms with Crippen LogP contribution in [0.5, 0.6) is 0 Å². The quantitative estimate of drug-likeness (QED) is 0.639. The maximum Gasteiger partial charge on any atom is 0.416 e. The zero-order valence-electron chi connectivity index (χ0n) is 10.3. The second-order valence-electron chi connectivity index (χ2n) is 4.98. The highest BCUT2D eigenvalue weighted by Crippen LogP contribution is 2.40. The number of alkyl halides is 3. The third-order valence-corrected chi connectivity index (χ3v) is 4.18. The number of hydrazine groups is 1. The molecule has 2 rings (SSSR count). The highest BCUT2D eigenvalue weighted by Gasteiger charge is 2.36. The maximum atomic E-state index is 13.1. The van der Waals surface area contributed by atoms with Crippen LogP contribution in [-0.4, -0.2) is 0 Å². The minimum absolute atomic E-state index is 0.227. The average Bonchev–Trinajstić information content (AvgIpc) is 2.27. The third-order valence-electron chi connectivity index (χ3n) is 3.69. The Bertz CT molecular complexity index is 444. The molecule has 0 spiro atoms. The van der Waals surface area contributed by atoms with Crippen molar-refractivity contribution in [1.29, 1.82) is 0 Å². The summed E-state index contributed by atoms with van der Waals surface area (Å²) < 4.78 is 39.6. The lowest BCUT2D eigenvalue weighted by Gasteiger charge is -2.30. The Morgan fingerprint density at radius 3 is 2.53 bits per heavy atom. The third kappa shape index (κ3) is 3.49. The van der Waals surface area contributed by atoms with Gasteiger partial charge in [-0.3, -0.25) is 11.3 Å². The minimum atomic E-state index is -4.37. The van der Waals surface area contributed by atoms with Gasteiger partial charge in [-0.1, -0.05) is 41.3 Å². The molecule has 1 aromatic rings. The number of hydrogen-bond donors (Lipinski definition) is 2. The van der Waals surface area contributed by atoms with Crippen molar-refractivity contribution in [2.24, 2.45) is 11.8 Å². The molecule has 1 aliphatic rings. The van der Waals surface area contributed by atoms with Crippen LogP contribution in [0.15, 0.2) is 22.7 Å². The Kier molecular flexibility index (Phi) is 4.53. The van der Waals surface area contributed by atoms with Gasteiger partial charge in [0.15, 0.2) is 0 Å². The lowest BCUT2D eigenvalue weighted by Crippen LogP contribution is -2.32. The van der Waals surface area contributed by atoms with E-state index in [-0.39, 0.29) is 5.56 Å². The van der Waals surface area contributed by atoms with Crippen molar-refractivity contribution in [3.63, 3.8) is 0 Å². The summed E-state index contributed by atoms with van der Waals surface area (Å²) in [5.41, 5.74) is 2.14. The first-order valence-electron chi connectivity index (χ1n) is 6.24. The Morgan fingerprint density at radius 2 is 2.05 bits per heavy atom. The SMILES string of the molecule is NNC(CC1CCC1)c1ccc(Br)cc1C(F)(F)F. The van der Waals surface area contributed by atoms with Crippen LogP contribution in [0.1, 0.15) is 42.9 Å². The number of rotatable bonds is 4. The summed E-state index contributed by atoms with van der Waals surface area (Å²) in [6.07, 6.45) is -0.393. The van der Waals surface area contributed by atoms with Gasteiger partial charge >= 0.3 is 6.18 Å². The molecule has 1 aromatic carbocycles. The monoisotopic (exact) mass is 336 g/mol. The van der Waals surface area contributed by atoms with E-state index < -0.39 is 17.8 Å². The highest BCUT2D eigenvalue weighted by atomic mass is 79.9. The van der Waals surface area contributed by atoms with E-state index in [1.165, 1.54) is 6.07 Å². The van der Waals surface area contributed by atoms with Crippen molar-refractivity contribution in [2.75, 3.05) is 0 Å². The van der Waals surface area contributed by atoms with Gasteiger partial charge in [0.1, 0.15) is 0 Å². The maximum absolute atomic E-state index is 13.1. The predicted molar refractivity (Wildman–Crippen MR) is 71.2 cm³/mol. The molecule has 1 saturated carbocycles. The van der Waals surface area contributed by atoms with Crippen LogP contribution in [0.3, 0.4) is 0 Å². The van der Waals surface area contributed by atoms with E-state index in [1.54, 1.807) is 6.07 Å². The van der Waals surface area contributed by atoms with Crippen LogP contribution < -0.4 is 11.3 Å². The zero-order valence-corrected chi connectivity index (χ0v) is 11.9. The van der Waals surface area contributed by atoms with Crippen molar-refractivity contribution >= 4 is 15.9 Å². The van der Waals surface area contributed by atoms with Crippen molar-refractivity contribution in [1.82, 2.24) is 5.43 Å². The van der Waals surface area contributed by atoms with Gasteiger partial charge in [-0.15, -0.1) is 0 Å². The van der Waals surface area contributed by atoms with Gasteiger partial charge in [-0.25, -0.2) is 0 Å². The first-order valence-corrected chi connectivity index (χ1v) is 7.04. The summed E-state index contributed by atoms with van der Waals surface area (Å²) >= 11 is 3.08. The first-order chi connectivity index (χ1) is 8.91. The molecule has 1 fully saturated rings. The van der Waals surface area contributed by atoms with Crippen LogP contribution in [0.2, 0.25) is 0 Å². The zero-order chi connectivity index (χ0) is 14.0. The van der Waals surface area contributed by atoms with Crippen LogP contribution in [-0.2, 0) is 6.18 Å². The summed E-state index contributed by atoms with van der Waals surface area (Å²) in [5, 5.41) is 0. The van der Waals surface area contributed by atoms with Crippen molar-refractivity contribution in [3.8, 4) is 0 Å². The fourth-order valence-electron chi connectivity index (χ4n) is 2.42. The first kappa shape index (κ1) is 14.8. The Labute approximate surface area is 118 Å². The van der Waals surface area contributed by atoms with E-state index in [2.05, 4.69) is 21.4 Å². The van der Waals surface area contributed by atoms with Crippen LogP contribution in [0.25, 0.3) is 0 Å². The second kappa shape index (κ2) is 5.81. The summed E-state index contributed by atoms with van der Waals surface area (Å²) in [6, 6.07) is 3.78. The summed E-state index contributed by atoms with van der Waals surface area (Å²) in [4.78, 5) is 0. The lowest BCUT2D eigenvalue weighted by molar-refractivity contribution is -0.138. The van der Waals surface area contributed by atoms with Crippen molar-refractivity contribution < 1.29 is 13.2 Å². The number of halogens is 4. The van der Waals surface area contributed by atoms with E-state index in [0.717, 1.165) is 25.3 Å². The molecule has 0 radical (unpaired) electrons. The van der Waals surface area contributed by atoms with Crippen molar-refractivity contribution in [3.05, 3.63) is 33.8 Å². The molecule has 0 heterocycles. The molecule has 0 aliphatic heterocycles. The number of benzene rings is 1. The minimum Gasteiger partial charge on any atom is -0.271 e. The van der Waals surface area contributed by atoms with E-state index in [0.29, 0.717) is 16.8 Å². The van der Waals surface area contributed by atoms with E-state index >= 15 is 0 Å². The molecular formula is C13H16BrF3N2. The standard InChI is InChI=1S/C13H16BrF3N2/c14-9-4-5-10(11(7-9)13(15,16)17)12(19-18)6-8-2-1-3-8/h4-5,7-8,12,19H,1-3,6,18H2. The molecule has 3 N–H and O–H groups in total. The van der Waals surface area contributed by atoms with Gasteiger partial charge < -0.3 is 0 Å². The molecule has 1 aliphatic carbocycles. The normalized spacial score (nSPS) is 18.2. The molecule has 0 amide bonds. The second-order valence-corrected chi connectivity index (χ2v) is 5.90. The molecular weight excluding hydrogens is 321 g/mol. The Hall–Kier alpha value is -0.590. The molecule has 19 heavy (non-hydrogen) atoms. The topological polar surface area (TPSA) is 38.0 Å². The van der Waals surface area contributed by atoms with Gasteiger partial charge in [-0.2, -0.15) is 13.2 Å². The molecule has 0 aromatic heterocycles. The van der Waals surface area contributed by atoms with Crippen LogP contribution >= 0.6 is 15.9 Å². The van der Waals surface area contributed by atoms with E-state index in [4.69, 9.17) is 5.84 Å². The van der Waals surface area contributed by atoms with Crippen LogP contribution in [0.4, 0.5) is 13.2 Å². The Balaban J connectivity index is 2.30. The fraction of sp³-hybridized carbons (Fsp3) is 0.538. The number of nitrogens with two attached hydrogens (primary N) is 1. The largest absolute Gasteiger partial charge is 0.416 e. The average molecular weight is 337 g/mol. The summed E-state index contributed by atoms with van der Waals surface area (Å²) in [5.74, 6) is 5.93. The van der Waals surface area contributed by atoms with Gasteiger partial charge in [0.2, 0.25) is 0 Å². The molecule has 0 saturated heterocycles. The van der Waals surface area contributed by atoms with Gasteiger partial charge in [0.25, 0.3) is 0 Å². The van der Waals surface area contributed by atoms with Gasteiger partial charge in [0.05, 0.1) is 5.56 Å². The predicted octanol–water partition coefficient (Wildman–Crippen LogP) is 4.16. The van der Waals surface area contributed by atoms with Gasteiger partial charge in [-0.05, 0) is 30.0 Å². The highest BCUT2D eigenvalue weighted by molar-refractivity contribution is 9.10. The number of hydrogen-bond acceptors (Lipinski definition) is 2. The van der Waals surface area contributed by atoms with E-state index in [9.17, 15) is 13.2 Å². The molecule has 6 heteroatoms. The van der Waals surface area contributed by atoms with Gasteiger partial charge in [0, 0.05) is 10.5 Å². The fourth-order valence-corrected chi connectivity index (χ4v) is 2.79. The summed E-state index contributed by atoms with van der Waals surface area (Å²) in [7, 11) is 0. The molecule has 1 atom stereocenters. The summed E-state index contributed by atoms with van der Waals surface area (Å²) in [6.45, 7) is 0. The Morgan fingerprint density at radius 1 is 1.37 bits per heavy atom.